The summed E-state index contributed by atoms with van der Waals surface area (Å²) < 4.78 is 0. The number of hydrogen-bond acceptors (Lipinski definition) is 5. The zero-order chi connectivity index (χ0) is 21.5. The molecule has 5 heteroatoms. The number of likely N-dealkylation sites (N-methyl/N-ethyl adjacent to an activating group) is 1. The second kappa shape index (κ2) is 10.6. The van der Waals surface area contributed by atoms with Gasteiger partial charge in [0.1, 0.15) is 11.6 Å². The van der Waals surface area contributed by atoms with Crippen molar-refractivity contribution in [2.75, 3.05) is 38.6 Å². The van der Waals surface area contributed by atoms with E-state index in [1.165, 1.54) is 37.7 Å². The zero-order valence-corrected chi connectivity index (χ0v) is 19.0. The molecule has 1 aliphatic rings. The number of piperidine rings is 1. The quantitative estimate of drug-likeness (QED) is 0.644. The van der Waals surface area contributed by atoms with Gasteiger partial charge in [-0.15, -0.1) is 0 Å². The fourth-order valence-electron chi connectivity index (χ4n) is 4.05. The lowest BCUT2D eigenvalue weighted by Crippen LogP contribution is -2.31. The van der Waals surface area contributed by atoms with Gasteiger partial charge in [0.15, 0.2) is 5.82 Å². The predicted octanol–water partition coefficient (Wildman–Crippen LogP) is 5.28. The Hall–Kier alpha value is -2.40. The summed E-state index contributed by atoms with van der Waals surface area (Å²) in [6.45, 7) is 7.40. The molecule has 0 bridgehead atoms. The van der Waals surface area contributed by atoms with E-state index in [1.807, 2.05) is 12.1 Å². The number of anilines is 1. The van der Waals surface area contributed by atoms with E-state index in [9.17, 15) is 5.11 Å². The summed E-state index contributed by atoms with van der Waals surface area (Å²) in [5.41, 5.74) is 4.39. The number of unbranched alkanes of at least 4 members (excludes halogenated alkanes) is 1. The number of rotatable bonds is 8. The summed E-state index contributed by atoms with van der Waals surface area (Å²) in [6, 6.07) is 7.25. The van der Waals surface area contributed by atoms with Crippen molar-refractivity contribution in [1.29, 1.82) is 0 Å². The van der Waals surface area contributed by atoms with Crippen LogP contribution >= 0.6 is 0 Å². The molecule has 1 aromatic carbocycles. The smallest absolute Gasteiger partial charge is 0.162 e. The van der Waals surface area contributed by atoms with Crippen LogP contribution < -0.4 is 4.90 Å². The average molecular weight is 409 g/mol. The monoisotopic (exact) mass is 408 g/mol. The lowest BCUT2D eigenvalue weighted by molar-refractivity contribution is 0.439. The normalized spacial score (nSPS) is 15.1. The van der Waals surface area contributed by atoms with Crippen molar-refractivity contribution >= 4 is 11.9 Å². The van der Waals surface area contributed by atoms with E-state index in [1.54, 1.807) is 12.1 Å². The minimum absolute atomic E-state index is 0.240. The molecule has 162 valence electrons. The van der Waals surface area contributed by atoms with E-state index in [-0.39, 0.29) is 5.75 Å². The van der Waals surface area contributed by atoms with E-state index >= 15 is 0 Å². The van der Waals surface area contributed by atoms with E-state index in [0.29, 0.717) is 5.82 Å². The minimum atomic E-state index is 0.240. The molecule has 1 fully saturated rings. The van der Waals surface area contributed by atoms with Crippen molar-refractivity contribution in [3.8, 4) is 17.1 Å². The predicted molar refractivity (Wildman–Crippen MR) is 126 cm³/mol. The fourth-order valence-corrected chi connectivity index (χ4v) is 4.05. The number of benzene rings is 1. The molecule has 0 radical (unpaired) electrons. The van der Waals surface area contributed by atoms with Gasteiger partial charge < -0.3 is 14.9 Å². The van der Waals surface area contributed by atoms with Crippen molar-refractivity contribution in [3.63, 3.8) is 0 Å². The zero-order valence-electron chi connectivity index (χ0n) is 19.0. The maximum Gasteiger partial charge on any atom is 0.162 e. The third-order valence-corrected chi connectivity index (χ3v) is 5.63. The van der Waals surface area contributed by atoms with E-state index in [4.69, 9.17) is 9.97 Å². The van der Waals surface area contributed by atoms with Crippen LogP contribution in [-0.4, -0.2) is 53.7 Å². The van der Waals surface area contributed by atoms with Crippen molar-refractivity contribution in [1.82, 2.24) is 14.9 Å². The number of aromatic hydroxyl groups is 1. The first-order valence-electron chi connectivity index (χ1n) is 11.2. The van der Waals surface area contributed by atoms with Crippen molar-refractivity contribution in [3.05, 3.63) is 41.1 Å². The van der Waals surface area contributed by atoms with Crippen molar-refractivity contribution < 1.29 is 5.11 Å². The van der Waals surface area contributed by atoms with Gasteiger partial charge in [0, 0.05) is 30.8 Å². The Morgan fingerprint density at radius 1 is 1.17 bits per heavy atom. The number of phenolic OH excluding ortho intramolecular Hbond substituents is 1. The van der Waals surface area contributed by atoms with Gasteiger partial charge in [-0.25, -0.2) is 9.97 Å². The molecule has 3 rings (SSSR count). The maximum absolute atomic E-state index is 9.97. The number of nitrogens with zero attached hydrogens (tertiary/aromatic N) is 4. The first-order valence-corrected chi connectivity index (χ1v) is 11.2. The standard InChI is InChI=1S/C25H36N4O/c1-5-6-11-20(18-28(3)4)16-23-19(2)25(29-14-8-7-9-15-29)27-24(26-23)21-12-10-13-22(30)17-21/h10,12-13,16-17,30H,5-9,11,14-15,18H2,1-4H3/b20-16+. The van der Waals surface area contributed by atoms with Gasteiger partial charge in [0.25, 0.3) is 0 Å². The van der Waals surface area contributed by atoms with Crippen LogP contribution in [0.5, 0.6) is 5.75 Å². The van der Waals surface area contributed by atoms with Crippen LogP contribution in [0.3, 0.4) is 0 Å². The summed E-state index contributed by atoms with van der Waals surface area (Å²) in [5, 5.41) is 9.97. The van der Waals surface area contributed by atoms with Crippen molar-refractivity contribution in [2.24, 2.45) is 0 Å². The second-order valence-corrected chi connectivity index (χ2v) is 8.62. The van der Waals surface area contributed by atoms with Gasteiger partial charge in [0.2, 0.25) is 0 Å². The van der Waals surface area contributed by atoms with Gasteiger partial charge in [-0.2, -0.15) is 0 Å². The Morgan fingerprint density at radius 3 is 2.60 bits per heavy atom. The summed E-state index contributed by atoms with van der Waals surface area (Å²) in [7, 11) is 4.23. The first-order chi connectivity index (χ1) is 14.5. The Balaban J connectivity index is 2.09. The molecule has 1 aliphatic heterocycles. The molecule has 0 unspecified atom stereocenters. The van der Waals surface area contributed by atoms with Crippen LogP contribution in [0.2, 0.25) is 0 Å². The topological polar surface area (TPSA) is 52.5 Å². The summed E-state index contributed by atoms with van der Waals surface area (Å²) in [6.07, 6.45) is 9.42. The molecule has 30 heavy (non-hydrogen) atoms. The number of aromatic nitrogens is 2. The molecule has 0 aliphatic carbocycles. The molecule has 2 heterocycles. The van der Waals surface area contributed by atoms with E-state index < -0.39 is 0 Å². The largest absolute Gasteiger partial charge is 0.508 e. The molecule has 0 spiro atoms. The number of hydrogen-bond donors (Lipinski definition) is 1. The lowest BCUT2D eigenvalue weighted by atomic mass is 10.0. The molecule has 0 saturated carbocycles. The van der Waals surface area contributed by atoms with Gasteiger partial charge in [0.05, 0.1) is 5.69 Å². The van der Waals surface area contributed by atoms with Crippen LogP contribution in [0.4, 0.5) is 5.82 Å². The van der Waals surface area contributed by atoms with Crippen LogP contribution in [0.1, 0.15) is 56.7 Å². The Bertz CT molecular complexity index is 869. The molecular formula is C25H36N4O. The van der Waals surface area contributed by atoms with Crippen LogP contribution in [0.25, 0.3) is 17.5 Å². The molecule has 1 saturated heterocycles. The lowest BCUT2D eigenvalue weighted by Gasteiger charge is -2.29. The van der Waals surface area contributed by atoms with Gasteiger partial charge >= 0.3 is 0 Å². The average Bonchev–Trinajstić information content (AvgIpc) is 2.73. The van der Waals surface area contributed by atoms with E-state index in [0.717, 1.165) is 48.7 Å². The SMILES string of the molecule is CCCC/C(=C\c1nc(-c2cccc(O)c2)nc(N2CCCCC2)c1C)CN(C)C. The molecular weight excluding hydrogens is 372 g/mol. The summed E-state index contributed by atoms with van der Waals surface area (Å²) >= 11 is 0. The fraction of sp³-hybridized carbons (Fsp3) is 0.520. The Morgan fingerprint density at radius 2 is 1.93 bits per heavy atom. The van der Waals surface area contributed by atoms with Gasteiger partial charge in [-0.3, -0.25) is 0 Å². The van der Waals surface area contributed by atoms with Crippen LogP contribution in [0.15, 0.2) is 29.8 Å². The number of phenols is 1. The van der Waals surface area contributed by atoms with Gasteiger partial charge in [-0.05, 0) is 71.3 Å². The third-order valence-electron chi connectivity index (χ3n) is 5.63. The highest BCUT2D eigenvalue weighted by atomic mass is 16.3. The van der Waals surface area contributed by atoms with Crippen LogP contribution in [0, 0.1) is 6.92 Å². The van der Waals surface area contributed by atoms with E-state index in [2.05, 4.69) is 43.8 Å². The Kier molecular flexibility index (Phi) is 7.86. The Labute approximate surface area is 181 Å². The highest BCUT2D eigenvalue weighted by Crippen LogP contribution is 2.29. The third kappa shape index (κ3) is 5.82. The first kappa shape index (κ1) is 22.3. The van der Waals surface area contributed by atoms with Crippen LogP contribution in [-0.2, 0) is 0 Å². The van der Waals surface area contributed by atoms with Gasteiger partial charge in [-0.1, -0.05) is 31.1 Å². The highest BCUT2D eigenvalue weighted by Gasteiger charge is 2.19. The summed E-state index contributed by atoms with van der Waals surface area (Å²) in [5.74, 6) is 1.96. The minimum Gasteiger partial charge on any atom is -0.508 e. The molecule has 1 aromatic heterocycles. The summed E-state index contributed by atoms with van der Waals surface area (Å²) in [4.78, 5) is 14.5. The second-order valence-electron chi connectivity index (χ2n) is 8.62. The molecule has 1 N–H and O–H groups in total. The van der Waals surface area contributed by atoms with Crippen molar-refractivity contribution in [2.45, 2.75) is 52.4 Å². The molecule has 0 atom stereocenters. The highest BCUT2D eigenvalue weighted by molar-refractivity contribution is 5.67. The molecule has 0 amide bonds. The molecule has 2 aromatic rings. The molecule has 5 nitrogen and oxygen atoms in total. The maximum atomic E-state index is 9.97.